The third-order valence-corrected chi connectivity index (χ3v) is 5.09. The number of halogens is 1. The zero-order valence-electron chi connectivity index (χ0n) is 14.9. The molecule has 0 aliphatic rings. The summed E-state index contributed by atoms with van der Waals surface area (Å²) in [6, 6.07) is 11.2. The van der Waals surface area contributed by atoms with E-state index in [9.17, 15) is 14.0 Å². The molecule has 0 aliphatic carbocycles. The molecular weight excluding hydrogens is 369 g/mol. The summed E-state index contributed by atoms with van der Waals surface area (Å²) < 4.78 is 25.1. The molecule has 0 unspecified atom stereocenters. The van der Waals surface area contributed by atoms with E-state index in [-0.39, 0.29) is 24.9 Å². The van der Waals surface area contributed by atoms with Gasteiger partial charge in [-0.1, -0.05) is 12.1 Å². The number of carbonyl (C=O) groups excluding carboxylic acids is 2. The number of hydrogen-bond acceptors (Lipinski definition) is 5. The van der Waals surface area contributed by atoms with Crippen LogP contribution in [-0.4, -0.2) is 25.6 Å². The highest BCUT2D eigenvalue weighted by atomic mass is 32.1. The van der Waals surface area contributed by atoms with Crippen molar-refractivity contribution in [3.05, 3.63) is 64.3 Å². The molecule has 0 saturated carbocycles. The minimum absolute atomic E-state index is 0.118. The number of rotatable bonds is 6. The largest absolute Gasteiger partial charge is 0.462 e. The molecule has 0 bridgehead atoms. The second-order valence-corrected chi connectivity index (χ2v) is 6.76. The third-order valence-electron chi connectivity index (χ3n) is 3.89. The molecule has 27 heavy (non-hydrogen) atoms. The number of anilines is 1. The minimum atomic E-state index is -0.461. The molecule has 1 aromatic heterocycles. The minimum Gasteiger partial charge on any atom is -0.462 e. The van der Waals surface area contributed by atoms with Gasteiger partial charge >= 0.3 is 5.97 Å². The topological polar surface area (TPSA) is 64.6 Å². The highest BCUT2D eigenvalue weighted by Crippen LogP contribution is 2.34. The number of carbonyl (C=O) groups is 2. The number of amides is 1. The Bertz CT molecular complexity index is 999. The van der Waals surface area contributed by atoms with Crippen LogP contribution in [0.1, 0.15) is 32.5 Å². The summed E-state index contributed by atoms with van der Waals surface area (Å²) >= 11 is 1.20. The molecule has 0 spiro atoms. The van der Waals surface area contributed by atoms with Gasteiger partial charge in [0.2, 0.25) is 0 Å². The van der Waals surface area contributed by atoms with Crippen LogP contribution in [0.25, 0.3) is 10.1 Å². The van der Waals surface area contributed by atoms with E-state index in [1.165, 1.54) is 24.5 Å². The molecule has 140 valence electrons. The average molecular weight is 387 g/mol. The van der Waals surface area contributed by atoms with E-state index >= 15 is 0 Å². The zero-order valence-corrected chi connectivity index (χ0v) is 15.7. The van der Waals surface area contributed by atoms with E-state index in [0.717, 1.165) is 0 Å². The van der Waals surface area contributed by atoms with E-state index in [2.05, 4.69) is 5.32 Å². The van der Waals surface area contributed by atoms with Crippen molar-refractivity contribution in [2.24, 2.45) is 0 Å². The standard InChI is InChI=1S/C20H18FNO4S/c1-3-26-20(24)12-6-4-7-13(10-12)22-19(23)18-14(11-25-2)17-15(21)8-5-9-16(17)27-18/h4-10H,3,11H2,1-2H3,(H,22,23). The zero-order chi connectivity index (χ0) is 19.4. The van der Waals surface area contributed by atoms with Crippen molar-refractivity contribution in [3.63, 3.8) is 0 Å². The van der Waals surface area contributed by atoms with Crippen LogP contribution in [-0.2, 0) is 16.1 Å². The Kier molecular flexibility index (Phi) is 5.83. The van der Waals surface area contributed by atoms with Crippen LogP contribution >= 0.6 is 11.3 Å². The molecule has 0 atom stereocenters. The normalized spacial score (nSPS) is 10.8. The van der Waals surface area contributed by atoms with Crippen molar-refractivity contribution in [3.8, 4) is 0 Å². The monoisotopic (exact) mass is 387 g/mol. The van der Waals surface area contributed by atoms with Gasteiger partial charge in [0, 0.05) is 28.4 Å². The van der Waals surface area contributed by atoms with Gasteiger partial charge in [-0.05, 0) is 37.3 Å². The van der Waals surface area contributed by atoms with E-state index in [4.69, 9.17) is 9.47 Å². The number of thiophene rings is 1. The number of nitrogens with one attached hydrogen (secondary N) is 1. The molecule has 1 amide bonds. The molecule has 0 radical (unpaired) electrons. The number of benzene rings is 2. The SMILES string of the molecule is CCOC(=O)c1cccc(NC(=O)c2sc3cccc(F)c3c2COC)c1. The lowest BCUT2D eigenvalue weighted by atomic mass is 10.1. The molecule has 2 aromatic carbocycles. The lowest BCUT2D eigenvalue weighted by Gasteiger charge is -2.08. The number of esters is 1. The van der Waals surface area contributed by atoms with Crippen LogP contribution in [0, 0.1) is 5.82 Å². The van der Waals surface area contributed by atoms with Gasteiger partial charge in [0.15, 0.2) is 0 Å². The second kappa shape index (κ2) is 8.28. The van der Waals surface area contributed by atoms with Crippen molar-refractivity contribution >= 4 is 39.0 Å². The Morgan fingerprint density at radius 1 is 1.19 bits per heavy atom. The Labute approximate surface area is 159 Å². The van der Waals surface area contributed by atoms with E-state index < -0.39 is 5.97 Å². The van der Waals surface area contributed by atoms with Gasteiger partial charge < -0.3 is 14.8 Å². The molecule has 1 heterocycles. The predicted molar refractivity (Wildman–Crippen MR) is 103 cm³/mol. The molecule has 0 fully saturated rings. The summed E-state index contributed by atoms with van der Waals surface area (Å²) in [6.45, 7) is 2.11. The van der Waals surface area contributed by atoms with Crippen LogP contribution in [0.4, 0.5) is 10.1 Å². The fourth-order valence-electron chi connectivity index (χ4n) is 2.76. The Balaban J connectivity index is 1.93. The van der Waals surface area contributed by atoms with Crippen LogP contribution in [0.2, 0.25) is 0 Å². The van der Waals surface area contributed by atoms with Gasteiger partial charge in [-0.25, -0.2) is 9.18 Å². The number of fused-ring (bicyclic) bond motifs is 1. The Morgan fingerprint density at radius 3 is 2.70 bits per heavy atom. The molecular formula is C20H18FNO4S. The number of methoxy groups -OCH3 is 1. The molecule has 3 rings (SSSR count). The molecule has 1 N–H and O–H groups in total. The Morgan fingerprint density at radius 2 is 1.96 bits per heavy atom. The highest BCUT2D eigenvalue weighted by molar-refractivity contribution is 7.21. The summed E-state index contributed by atoms with van der Waals surface area (Å²) in [7, 11) is 1.49. The first-order valence-corrected chi connectivity index (χ1v) is 9.14. The first-order valence-electron chi connectivity index (χ1n) is 8.32. The molecule has 7 heteroatoms. The van der Waals surface area contributed by atoms with Crippen LogP contribution < -0.4 is 5.32 Å². The van der Waals surface area contributed by atoms with E-state index in [0.29, 0.717) is 31.8 Å². The summed E-state index contributed by atoms with van der Waals surface area (Å²) in [5, 5.41) is 3.16. The first kappa shape index (κ1) is 19.0. The van der Waals surface area contributed by atoms with Crippen LogP contribution in [0.3, 0.4) is 0 Å². The molecule has 0 saturated heterocycles. The summed E-state index contributed by atoms with van der Waals surface area (Å²) in [6.07, 6.45) is 0. The highest BCUT2D eigenvalue weighted by Gasteiger charge is 2.21. The number of ether oxygens (including phenoxy) is 2. The van der Waals surface area contributed by atoms with Gasteiger partial charge in [0.1, 0.15) is 5.82 Å². The predicted octanol–water partition coefficient (Wildman–Crippen LogP) is 4.62. The maximum absolute atomic E-state index is 14.3. The van der Waals surface area contributed by atoms with Crippen molar-refractivity contribution in [2.45, 2.75) is 13.5 Å². The third kappa shape index (κ3) is 3.99. The summed E-state index contributed by atoms with van der Waals surface area (Å²) in [5.41, 5.74) is 1.30. The maximum atomic E-state index is 14.3. The first-order chi connectivity index (χ1) is 13.0. The van der Waals surface area contributed by atoms with Crippen LogP contribution in [0.15, 0.2) is 42.5 Å². The quantitative estimate of drug-likeness (QED) is 0.627. The fraction of sp³-hybridized carbons (Fsp3) is 0.200. The summed E-state index contributed by atoms with van der Waals surface area (Å²) in [5.74, 6) is -1.24. The van der Waals surface area contributed by atoms with Crippen molar-refractivity contribution in [1.29, 1.82) is 0 Å². The molecule has 0 aliphatic heterocycles. The van der Waals surface area contributed by atoms with Crippen LogP contribution in [0.5, 0.6) is 0 Å². The molecule has 3 aromatic rings. The van der Waals surface area contributed by atoms with Gasteiger partial charge in [0.25, 0.3) is 5.91 Å². The van der Waals surface area contributed by atoms with E-state index in [1.807, 2.05) is 0 Å². The Hall–Kier alpha value is -2.77. The second-order valence-electron chi connectivity index (χ2n) is 5.71. The van der Waals surface area contributed by atoms with Gasteiger partial charge in [-0.3, -0.25) is 4.79 Å². The smallest absolute Gasteiger partial charge is 0.338 e. The lowest BCUT2D eigenvalue weighted by molar-refractivity contribution is 0.0526. The van der Waals surface area contributed by atoms with E-state index in [1.54, 1.807) is 43.3 Å². The van der Waals surface area contributed by atoms with Gasteiger partial charge in [0.05, 0.1) is 23.7 Å². The van der Waals surface area contributed by atoms with Crippen molar-refractivity contribution in [1.82, 2.24) is 0 Å². The maximum Gasteiger partial charge on any atom is 0.338 e. The van der Waals surface area contributed by atoms with Gasteiger partial charge in [-0.2, -0.15) is 0 Å². The average Bonchev–Trinajstić information content (AvgIpc) is 3.02. The fourth-order valence-corrected chi connectivity index (χ4v) is 3.88. The van der Waals surface area contributed by atoms with Crippen molar-refractivity contribution < 1.29 is 23.5 Å². The van der Waals surface area contributed by atoms with Crippen molar-refractivity contribution in [2.75, 3.05) is 19.0 Å². The number of hydrogen-bond donors (Lipinski definition) is 1. The lowest BCUT2D eigenvalue weighted by Crippen LogP contribution is -2.13. The molecule has 5 nitrogen and oxygen atoms in total. The summed E-state index contributed by atoms with van der Waals surface area (Å²) in [4.78, 5) is 25.0. The van der Waals surface area contributed by atoms with Gasteiger partial charge in [-0.15, -0.1) is 11.3 Å².